The van der Waals surface area contributed by atoms with Crippen LogP contribution in [0.2, 0.25) is 0 Å². The topological polar surface area (TPSA) is 34.9 Å². The maximum atomic E-state index is 11.6. The molecule has 116 valence electrons. The molecule has 23 heavy (non-hydrogen) atoms. The van der Waals surface area contributed by atoms with Crippen molar-refractivity contribution in [1.29, 1.82) is 0 Å². The summed E-state index contributed by atoms with van der Waals surface area (Å²) in [5.74, 6) is 0. The van der Waals surface area contributed by atoms with Crippen LogP contribution >= 0.6 is 15.9 Å². The molecule has 0 N–H and O–H groups in total. The van der Waals surface area contributed by atoms with Gasteiger partial charge in [-0.2, -0.15) is 5.10 Å². The van der Waals surface area contributed by atoms with Crippen LogP contribution in [0.5, 0.6) is 0 Å². The van der Waals surface area contributed by atoms with Gasteiger partial charge in [-0.1, -0.05) is 55.8 Å². The Bertz CT molecular complexity index is 807. The normalized spacial score (nSPS) is 10.7. The van der Waals surface area contributed by atoms with Gasteiger partial charge in [-0.15, -0.1) is 0 Å². The summed E-state index contributed by atoms with van der Waals surface area (Å²) in [6, 6.07) is 18.0. The van der Waals surface area contributed by atoms with Crippen molar-refractivity contribution >= 4 is 22.2 Å². The fourth-order valence-corrected chi connectivity index (χ4v) is 3.15. The molecule has 0 spiro atoms. The van der Waals surface area contributed by atoms with Gasteiger partial charge < -0.3 is 0 Å². The van der Waals surface area contributed by atoms with Gasteiger partial charge in [-0.05, 0) is 40.0 Å². The van der Waals surface area contributed by atoms with Crippen molar-refractivity contribution in [2.24, 2.45) is 0 Å². The molecule has 0 aliphatic heterocycles. The third-order valence-electron chi connectivity index (χ3n) is 3.75. The molecule has 3 rings (SSSR count). The van der Waals surface area contributed by atoms with E-state index < -0.39 is 0 Å². The Balaban J connectivity index is 2.07. The molecular formula is C19H17BrN2O. The smallest absolute Gasteiger partial charge is 0.155 e. The first-order valence-electron chi connectivity index (χ1n) is 7.63. The molecule has 0 saturated heterocycles. The number of hydrogen-bond acceptors (Lipinski definition) is 2. The third kappa shape index (κ3) is 3.13. The molecule has 4 heteroatoms. The lowest BCUT2D eigenvalue weighted by Crippen LogP contribution is -1.96. The standard InChI is InChI=1S/C19H17BrN2O/c1-2-6-14-9-11-15(12-10-14)18-17(13-23)19(20)22(21-18)16-7-4-3-5-8-16/h3-5,7-13H,2,6H2,1H3. The van der Waals surface area contributed by atoms with Crippen LogP contribution in [0.25, 0.3) is 16.9 Å². The Morgan fingerprint density at radius 3 is 2.39 bits per heavy atom. The van der Waals surface area contributed by atoms with Crippen LogP contribution in [-0.4, -0.2) is 16.1 Å². The molecule has 0 saturated carbocycles. The molecule has 0 atom stereocenters. The van der Waals surface area contributed by atoms with Crippen molar-refractivity contribution in [1.82, 2.24) is 9.78 Å². The van der Waals surface area contributed by atoms with E-state index in [-0.39, 0.29) is 0 Å². The second-order valence-corrected chi connectivity index (χ2v) is 6.12. The van der Waals surface area contributed by atoms with Gasteiger partial charge >= 0.3 is 0 Å². The molecule has 0 fully saturated rings. The Morgan fingerprint density at radius 2 is 1.78 bits per heavy atom. The first kappa shape index (κ1) is 15.7. The van der Waals surface area contributed by atoms with Crippen LogP contribution in [0.15, 0.2) is 59.2 Å². The summed E-state index contributed by atoms with van der Waals surface area (Å²) in [4.78, 5) is 11.6. The molecule has 0 aliphatic carbocycles. The monoisotopic (exact) mass is 368 g/mol. The molecule has 0 radical (unpaired) electrons. The number of hydrogen-bond donors (Lipinski definition) is 0. The van der Waals surface area contributed by atoms with E-state index in [0.717, 1.165) is 30.4 Å². The number of halogens is 1. The maximum Gasteiger partial charge on any atom is 0.155 e. The predicted octanol–water partition coefficient (Wildman–Crippen LogP) is 5.07. The van der Waals surface area contributed by atoms with Crippen molar-refractivity contribution in [2.45, 2.75) is 19.8 Å². The molecule has 0 bridgehead atoms. The average Bonchev–Trinajstić information content (AvgIpc) is 2.93. The summed E-state index contributed by atoms with van der Waals surface area (Å²) in [7, 11) is 0. The quantitative estimate of drug-likeness (QED) is 0.589. The summed E-state index contributed by atoms with van der Waals surface area (Å²) in [6.07, 6.45) is 3.03. The lowest BCUT2D eigenvalue weighted by Gasteiger charge is -2.02. The first-order chi connectivity index (χ1) is 11.2. The van der Waals surface area contributed by atoms with E-state index in [1.807, 2.05) is 42.5 Å². The van der Waals surface area contributed by atoms with E-state index in [1.54, 1.807) is 4.68 Å². The third-order valence-corrected chi connectivity index (χ3v) is 4.51. The Kier molecular flexibility index (Phi) is 4.72. The largest absolute Gasteiger partial charge is 0.298 e. The molecule has 0 aliphatic rings. The summed E-state index contributed by atoms with van der Waals surface area (Å²) in [5, 5.41) is 4.64. The van der Waals surface area contributed by atoms with Crippen LogP contribution in [0.3, 0.4) is 0 Å². The maximum absolute atomic E-state index is 11.6. The van der Waals surface area contributed by atoms with E-state index >= 15 is 0 Å². The van der Waals surface area contributed by atoms with Gasteiger partial charge in [0.15, 0.2) is 6.29 Å². The highest BCUT2D eigenvalue weighted by atomic mass is 79.9. The zero-order valence-corrected chi connectivity index (χ0v) is 14.5. The molecular weight excluding hydrogens is 352 g/mol. The number of aldehydes is 1. The SMILES string of the molecule is CCCc1ccc(-c2nn(-c3ccccc3)c(Br)c2C=O)cc1. The van der Waals surface area contributed by atoms with Crippen LogP contribution in [-0.2, 0) is 6.42 Å². The van der Waals surface area contributed by atoms with Crippen molar-refractivity contribution < 1.29 is 4.79 Å². The highest BCUT2D eigenvalue weighted by Gasteiger charge is 2.17. The number of aromatic nitrogens is 2. The minimum atomic E-state index is 0.567. The van der Waals surface area contributed by atoms with Crippen molar-refractivity contribution in [3.05, 3.63) is 70.3 Å². The summed E-state index contributed by atoms with van der Waals surface area (Å²) >= 11 is 3.50. The fraction of sp³-hybridized carbons (Fsp3) is 0.158. The zero-order valence-electron chi connectivity index (χ0n) is 12.9. The highest BCUT2D eigenvalue weighted by molar-refractivity contribution is 9.10. The van der Waals surface area contributed by atoms with Crippen LogP contribution in [0.4, 0.5) is 0 Å². The summed E-state index contributed by atoms with van der Waals surface area (Å²) < 4.78 is 2.42. The van der Waals surface area contributed by atoms with Gasteiger partial charge in [0.05, 0.1) is 11.3 Å². The lowest BCUT2D eigenvalue weighted by atomic mass is 10.0. The summed E-state index contributed by atoms with van der Waals surface area (Å²) in [6.45, 7) is 2.16. The zero-order chi connectivity index (χ0) is 16.2. The molecule has 3 aromatic rings. The minimum Gasteiger partial charge on any atom is -0.298 e. The van der Waals surface area contributed by atoms with Gasteiger partial charge in [-0.3, -0.25) is 4.79 Å². The fourth-order valence-electron chi connectivity index (χ4n) is 2.59. The van der Waals surface area contributed by atoms with E-state index in [9.17, 15) is 4.79 Å². The average molecular weight is 369 g/mol. The number of carbonyl (C=O) groups excluding carboxylic acids is 1. The minimum absolute atomic E-state index is 0.567. The number of para-hydroxylation sites is 1. The summed E-state index contributed by atoms with van der Waals surface area (Å²) in [5.41, 5.74) is 4.42. The Morgan fingerprint density at radius 1 is 1.09 bits per heavy atom. The van der Waals surface area contributed by atoms with Gasteiger partial charge in [-0.25, -0.2) is 4.68 Å². The molecule has 1 heterocycles. The number of carbonyl (C=O) groups is 1. The number of benzene rings is 2. The molecule has 1 aromatic heterocycles. The van der Waals surface area contributed by atoms with Crippen LogP contribution in [0, 0.1) is 0 Å². The lowest BCUT2D eigenvalue weighted by molar-refractivity contribution is 0.112. The van der Waals surface area contributed by atoms with Gasteiger partial charge in [0.25, 0.3) is 0 Å². The number of aryl methyl sites for hydroxylation is 1. The van der Waals surface area contributed by atoms with E-state index in [0.29, 0.717) is 15.9 Å². The Hall–Kier alpha value is -2.20. The Labute approximate surface area is 144 Å². The van der Waals surface area contributed by atoms with E-state index in [2.05, 4.69) is 40.1 Å². The van der Waals surface area contributed by atoms with Crippen molar-refractivity contribution in [2.75, 3.05) is 0 Å². The van der Waals surface area contributed by atoms with E-state index in [1.165, 1.54) is 5.56 Å². The molecule has 2 aromatic carbocycles. The van der Waals surface area contributed by atoms with Crippen molar-refractivity contribution in [3.8, 4) is 16.9 Å². The van der Waals surface area contributed by atoms with Crippen LogP contribution < -0.4 is 0 Å². The molecule has 3 nitrogen and oxygen atoms in total. The van der Waals surface area contributed by atoms with Gasteiger partial charge in [0.2, 0.25) is 0 Å². The van der Waals surface area contributed by atoms with Crippen molar-refractivity contribution in [3.63, 3.8) is 0 Å². The van der Waals surface area contributed by atoms with Gasteiger partial charge in [0, 0.05) is 5.56 Å². The highest BCUT2D eigenvalue weighted by Crippen LogP contribution is 2.30. The second kappa shape index (κ2) is 6.92. The molecule has 0 unspecified atom stereocenters. The number of nitrogens with zero attached hydrogens (tertiary/aromatic N) is 2. The number of rotatable bonds is 5. The first-order valence-corrected chi connectivity index (χ1v) is 8.42. The van der Waals surface area contributed by atoms with Gasteiger partial charge in [0.1, 0.15) is 10.3 Å². The molecule has 0 amide bonds. The van der Waals surface area contributed by atoms with E-state index in [4.69, 9.17) is 0 Å². The van der Waals surface area contributed by atoms with Crippen LogP contribution in [0.1, 0.15) is 29.3 Å². The second-order valence-electron chi connectivity index (χ2n) is 5.37. The predicted molar refractivity (Wildman–Crippen MR) is 96.1 cm³/mol.